The van der Waals surface area contributed by atoms with E-state index < -0.39 is 0 Å². The summed E-state index contributed by atoms with van der Waals surface area (Å²) >= 11 is 2.03. The second kappa shape index (κ2) is 5.60. The van der Waals surface area contributed by atoms with E-state index in [1.807, 2.05) is 11.8 Å². The number of fused-ring (bicyclic) bond motifs is 1. The fraction of sp³-hybridized carbons (Fsp3) is 0.667. The van der Waals surface area contributed by atoms with E-state index in [-0.39, 0.29) is 11.1 Å². The number of nitrogens with zero attached hydrogens (tertiary/aromatic N) is 1. The summed E-state index contributed by atoms with van der Waals surface area (Å²) in [7, 11) is 0. The minimum atomic E-state index is 0.247. The average molecular weight is 305 g/mol. The lowest BCUT2D eigenvalue weighted by Gasteiger charge is -2.51. The molecule has 0 aliphatic carbocycles. The number of benzene rings is 1. The van der Waals surface area contributed by atoms with Crippen LogP contribution in [0, 0.1) is 0 Å². The molecule has 3 heteroatoms. The average Bonchev–Trinajstić information content (AvgIpc) is 2.87. The standard InChI is InChI=1S/C18H28N2S/c1-5-18(4)13-20(17(2,3)12-19-18)10-14-11-21-16-9-7-6-8-15(14)16/h6-9,14,19H,5,10-13H2,1-4H3. The Morgan fingerprint density at radius 2 is 2.05 bits per heavy atom. The van der Waals surface area contributed by atoms with Crippen LogP contribution in [0.15, 0.2) is 29.2 Å². The lowest BCUT2D eigenvalue weighted by molar-refractivity contribution is 0.0279. The Hall–Kier alpha value is -0.510. The summed E-state index contributed by atoms with van der Waals surface area (Å²) in [5, 5.41) is 3.76. The van der Waals surface area contributed by atoms with E-state index in [4.69, 9.17) is 0 Å². The van der Waals surface area contributed by atoms with Crippen LogP contribution in [0.1, 0.15) is 45.6 Å². The molecule has 21 heavy (non-hydrogen) atoms. The van der Waals surface area contributed by atoms with Crippen LogP contribution in [0.3, 0.4) is 0 Å². The molecule has 2 aliphatic rings. The lowest BCUT2D eigenvalue weighted by atomic mass is 9.87. The summed E-state index contributed by atoms with van der Waals surface area (Å²) in [6, 6.07) is 8.96. The molecular weight excluding hydrogens is 276 g/mol. The SMILES string of the molecule is CCC1(C)CN(CC2CSc3ccccc32)C(C)(C)CN1. The third kappa shape index (κ3) is 3.01. The van der Waals surface area contributed by atoms with Gasteiger partial charge in [-0.05, 0) is 38.8 Å². The topological polar surface area (TPSA) is 15.3 Å². The third-order valence-corrected chi connectivity index (χ3v) is 6.62. The minimum Gasteiger partial charge on any atom is -0.308 e. The summed E-state index contributed by atoms with van der Waals surface area (Å²) < 4.78 is 0. The predicted molar refractivity (Wildman–Crippen MR) is 92.3 cm³/mol. The van der Waals surface area contributed by atoms with Gasteiger partial charge in [-0.25, -0.2) is 0 Å². The maximum Gasteiger partial charge on any atom is 0.0278 e. The molecule has 2 heterocycles. The molecule has 1 aromatic rings. The molecule has 0 amide bonds. The second-order valence-corrected chi connectivity index (χ2v) is 8.57. The first-order valence-electron chi connectivity index (χ1n) is 8.15. The van der Waals surface area contributed by atoms with Gasteiger partial charge in [-0.15, -0.1) is 11.8 Å². The maximum atomic E-state index is 3.76. The Bertz CT molecular complexity index is 514. The van der Waals surface area contributed by atoms with Crippen molar-refractivity contribution in [3.05, 3.63) is 29.8 Å². The van der Waals surface area contributed by atoms with Gasteiger partial charge in [-0.2, -0.15) is 0 Å². The number of hydrogen-bond acceptors (Lipinski definition) is 3. The molecule has 0 aromatic heterocycles. The molecule has 2 nitrogen and oxygen atoms in total. The molecule has 0 spiro atoms. The maximum absolute atomic E-state index is 3.76. The van der Waals surface area contributed by atoms with Gasteiger partial charge in [0.15, 0.2) is 0 Å². The fourth-order valence-electron chi connectivity index (χ4n) is 3.43. The highest BCUT2D eigenvalue weighted by molar-refractivity contribution is 7.99. The molecule has 3 rings (SSSR count). The highest BCUT2D eigenvalue weighted by atomic mass is 32.2. The monoisotopic (exact) mass is 304 g/mol. The highest BCUT2D eigenvalue weighted by Gasteiger charge is 2.40. The highest BCUT2D eigenvalue weighted by Crippen LogP contribution is 2.41. The zero-order valence-corrected chi connectivity index (χ0v) is 14.6. The van der Waals surface area contributed by atoms with Gasteiger partial charge in [-0.3, -0.25) is 4.90 Å². The molecule has 1 aromatic carbocycles. The van der Waals surface area contributed by atoms with Crippen LogP contribution >= 0.6 is 11.8 Å². The Morgan fingerprint density at radius 1 is 1.29 bits per heavy atom. The molecule has 1 saturated heterocycles. The van der Waals surface area contributed by atoms with Crippen LogP contribution in [0.2, 0.25) is 0 Å². The van der Waals surface area contributed by atoms with E-state index >= 15 is 0 Å². The molecular formula is C18H28N2S. The van der Waals surface area contributed by atoms with Crippen LogP contribution in [-0.2, 0) is 0 Å². The summed E-state index contributed by atoms with van der Waals surface area (Å²) in [5.41, 5.74) is 2.08. The van der Waals surface area contributed by atoms with Crippen LogP contribution in [0.4, 0.5) is 0 Å². The van der Waals surface area contributed by atoms with Gasteiger partial charge >= 0.3 is 0 Å². The Kier molecular flexibility index (Phi) is 4.10. The predicted octanol–water partition coefficient (Wildman–Crippen LogP) is 3.73. The number of nitrogens with one attached hydrogen (secondary N) is 1. The van der Waals surface area contributed by atoms with Crippen molar-refractivity contribution in [2.24, 2.45) is 0 Å². The van der Waals surface area contributed by atoms with Gasteiger partial charge in [0.1, 0.15) is 0 Å². The summed E-state index contributed by atoms with van der Waals surface area (Å²) in [4.78, 5) is 4.22. The molecule has 1 N–H and O–H groups in total. The molecule has 0 bridgehead atoms. The summed E-state index contributed by atoms with van der Waals surface area (Å²) in [6.45, 7) is 12.8. The molecule has 2 unspecified atom stereocenters. The van der Waals surface area contributed by atoms with Gasteiger partial charge in [0.05, 0.1) is 0 Å². The quantitative estimate of drug-likeness (QED) is 0.916. The van der Waals surface area contributed by atoms with E-state index in [0.29, 0.717) is 5.92 Å². The van der Waals surface area contributed by atoms with Gasteiger partial charge in [0.2, 0.25) is 0 Å². The normalized spacial score (nSPS) is 32.1. The minimum absolute atomic E-state index is 0.247. The second-order valence-electron chi connectivity index (χ2n) is 7.51. The van der Waals surface area contributed by atoms with Crippen molar-refractivity contribution in [1.82, 2.24) is 10.2 Å². The molecule has 0 saturated carbocycles. The number of hydrogen-bond donors (Lipinski definition) is 1. The molecule has 1 fully saturated rings. The molecule has 0 radical (unpaired) electrons. The largest absolute Gasteiger partial charge is 0.308 e. The molecule has 2 atom stereocenters. The van der Waals surface area contributed by atoms with Crippen molar-refractivity contribution >= 4 is 11.8 Å². The van der Waals surface area contributed by atoms with Crippen molar-refractivity contribution in [3.8, 4) is 0 Å². The smallest absolute Gasteiger partial charge is 0.0278 e. The van der Waals surface area contributed by atoms with E-state index in [9.17, 15) is 0 Å². The first kappa shape index (κ1) is 15.4. The van der Waals surface area contributed by atoms with Crippen LogP contribution in [-0.4, -0.2) is 41.4 Å². The van der Waals surface area contributed by atoms with Gasteiger partial charge < -0.3 is 5.32 Å². The van der Waals surface area contributed by atoms with Gasteiger partial charge in [-0.1, -0.05) is 25.1 Å². The van der Waals surface area contributed by atoms with E-state index in [1.165, 1.54) is 23.6 Å². The van der Waals surface area contributed by atoms with Crippen LogP contribution in [0.5, 0.6) is 0 Å². The Morgan fingerprint density at radius 3 is 2.81 bits per heavy atom. The zero-order chi connectivity index (χ0) is 15.1. The number of rotatable bonds is 3. The van der Waals surface area contributed by atoms with Crippen molar-refractivity contribution in [2.75, 3.05) is 25.4 Å². The van der Waals surface area contributed by atoms with Crippen molar-refractivity contribution < 1.29 is 0 Å². The first-order chi connectivity index (χ1) is 9.93. The van der Waals surface area contributed by atoms with Crippen molar-refractivity contribution in [2.45, 2.75) is 56.0 Å². The van der Waals surface area contributed by atoms with Crippen molar-refractivity contribution in [3.63, 3.8) is 0 Å². The van der Waals surface area contributed by atoms with Crippen LogP contribution < -0.4 is 5.32 Å². The first-order valence-corrected chi connectivity index (χ1v) is 9.14. The number of thioether (sulfide) groups is 1. The Balaban J connectivity index is 1.77. The molecule has 116 valence electrons. The lowest BCUT2D eigenvalue weighted by Crippen LogP contribution is -2.67. The van der Waals surface area contributed by atoms with E-state index in [2.05, 4.69) is 62.2 Å². The van der Waals surface area contributed by atoms with E-state index in [0.717, 1.165) is 13.1 Å². The molecule has 2 aliphatic heterocycles. The number of piperazine rings is 1. The van der Waals surface area contributed by atoms with E-state index in [1.54, 1.807) is 5.56 Å². The zero-order valence-electron chi connectivity index (χ0n) is 13.8. The van der Waals surface area contributed by atoms with Gasteiger partial charge in [0, 0.05) is 47.3 Å². The van der Waals surface area contributed by atoms with Crippen LogP contribution in [0.25, 0.3) is 0 Å². The fourth-order valence-corrected chi connectivity index (χ4v) is 4.67. The van der Waals surface area contributed by atoms with Gasteiger partial charge in [0.25, 0.3) is 0 Å². The summed E-state index contributed by atoms with van der Waals surface area (Å²) in [5.74, 6) is 1.92. The van der Waals surface area contributed by atoms with Crippen molar-refractivity contribution in [1.29, 1.82) is 0 Å². The Labute approximate surface area is 133 Å². The summed E-state index contributed by atoms with van der Waals surface area (Å²) in [6.07, 6.45) is 1.19. The third-order valence-electron chi connectivity index (χ3n) is 5.36.